The molecule has 14 heavy (non-hydrogen) atoms. The Kier molecular flexibility index (Phi) is 2.67. The first-order valence-electron chi connectivity index (χ1n) is 3.56. The summed E-state index contributed by atoms with van der Waals surface area (Å²) in [4.78, 5) is 0. The first-order valence-corrected chi connectivity index (χ1v) is 3.56. The Bertz CT molecular complexity index is 213. The van der Waals surface area contributed by atoms with Crippen LogP contribution in [-0.4, -0.2) is 24.4 Å². The van der Waals surface area contributed by atoms with Crippen molar-refractivity contribution in [1.29, 1.82) is 0 Å². The topological polar surface area (TPSA) is 39.5 Å². The van der Waals surface area contributed by atoms with Crippen LogP contribution in [0.3, 0.4) is 0 Å². The lowest BCUT2D eigenvalue weighted by Gasteiger charge is -2.24. The van der Waals surface area contributed by atoms with Crippen LogP contribution in [-0.2, 0) is 0 Å². The zero-order chi connectivity index (χ0) is 11.1. The van der Waals surface area contributed by atoms with E-state index in [9.17, 15) is 31.5 Å². The van der Waals surface area contributed by atoms with Crippen molar-refractivity contribution in [2.75, 3.05) is 0 Å². The van der Waals surface area contributed by atoms with Crippen molar-refractivity contribution in [3.63, 3.8) is 0 Å². The Labute approximate surface area is 74.2 Å². The van der Waals surface area contributed by atoms with Crippen LogP contribution in [0.1, 0.15) is 6.42 Å². The second kappa shape index (κ2) is 3.24. The minimum atomic E-state index is -4.91. The molecule has 1 aliphatic heterocycles. The van der Waals surface area contributed by atoms with Crippen LogP contribution < -0.4 is 10.6 Å². The third-order valence-electron chi connectivity index (χ3n) is 1.89. The molecule has 0 aromatic carbocycles. The maximum absolute atomic E-state index is 11.9. The molecule has 1 fully saturated rings. The summed E-state index contributed by atoms with van der Waals surface area (Å²) in [6.07, 6.45) is -11.0. The number of hydrogen-bond donors (Lipinski definition) is 2. The minimum absolute atomic E-state index is 1.27. The van der Waals surface area contributed by atoms with E-state index in [4.69, 9.17) is 0 Å². The Morgan fingerprint density at radius 2 is 1.57 bits per heavy atom. The summed E-state index contributed by atoms with van der Waals surface area (Å²) in [7, 11) is 0. The summed E-state index contributed by atoms with van der Waals surface area (Å²) in [6, 6.07) is -4.93. The summed E-state index contributed by atoms with van der Waals surface area (Å²) in [5.74, 6) is 0. The molecular weight excluding hydrogens is 218 g/mol. The second-order valence-corrected chi connectivity index (χ2v) is 2.93. The molecule has 0 spiro atoms. The van der Waals surface area contributed by atoms with Crippen molar-refractivity contribution in [3.05, 3.63) is 5.21 Å². The van der Waals surface area contributed by atoms with Gasteiger partial charge in [-0.05, 0) is 0 Å². The Hall–Kier alpha value is -0.540. The van der Waals surface area contributed by atoms with Crippen molar-refractivity contribution >= 4 is 0 Å². The van der Waals surface area contributed by atoms with Gasteiger partial charge in [0.1, 0.15) is 0 Å². The third-order valence-corrected chi connectivity index (χ3v) is 1.89. The predicted molar refractivity (Wildman–Crippen MR) is 31.8 cm³/mol. The Morgan fingerprint density at radius 1 is 1.07 bits per heavy atom. The van der Waals surface area contributed by atoms with Crippen molar-refractivity contribution in [1.82, 2.24) is 5.43 Å². The molecule has 0 aromatic rings. The van der Waals surface area contributed by atoms with Crippen molar-refractivity contribution in [3.8, 4) is 0 Å². The standard InChI is InChI=1S/C5H6F6N2O/c6-4(7,8)2-1-3(5(9,10)11)13(14)12-2/h2-3,12-13H,1H2. The molecule has 0 aliphatic carbocycles. The van der Waals surface area contributed by atoms with Crippen LogP contribution in [0.25, 0.3) is 0 Å². The van der Waals surface area contributed by atoms with E-state index in [0.717, 1.165) is 0 Å². The number of halogens is 6. The zero-order valence-electron chi connectivity index (χ0n) is 6.54. The van der Waals surface area contributed by atoms with Gasteiger partial charge in [0.2, 0.25) is 6.04 Å². The lowest BCUT2D eigenvalue weighted by molar-refractivity contribution is -0.920. The Balaban J connectivity index is 2.70. The molecule has 1 rings (SSSR count). The number of nitrogens with one attached hydrogen (secondary N) is 2. The van der Waals surface area contributed by atoms with Crippen LogP contribution in [0.15, 0.2) is 0 Å². The molecule has 0 radical (unpaired) electrons. The first-order chi connectivity index (χ1) is 6.12. The lowest BCUT2D eigenvalue weighted by Crippen LogP contribution is -3.17. The summed E-state index contributed by atoms with van der Waals surface area (Å²) < 4.78 is 71.6. The Morgan fingerprint density at radius 3 is 1.79 bits per heavy atom. The van der Waals surface area contributed by atoms with E-state index < -0.39 is 36.0 Å². The number of hydroxylamine groups is 1. The molecule has 84 valence electrons. The van der Waals surface area contributed by atoms with Crippen molar-refractivity contribution in [2.24, 2.45) is 0 Å². The molecule has 3 unspecified atom stereocenters. The fraction of sp³-hybridized carbons (Fsp3) is 1.00. The van der Waals surface area contributed by atoms with E-state index in [1.54, 1.807) is 0 Å². The first kappa shape index (κ1) is 11.5. The van der Waals surface area contributed by atoms with Crippen LogP contribution in [0.4, 0.5) is 26.3 Å². The highest BCUT2D eigenvalue weighted by atomic mass is 19.4. The van der Waals surface area contributed by atoms with Gasteiger partial charge in [-0.2, -0.15) is 31.8 Å². The molecule has 9 heteroatoms. The summed E-state index contributed by atoms with van der Waals surface area (Å²) in [5, 5.41) is 8.94. The van der Waals surface area contributed by atoms with Crippen LogP contribution in [0, 0.1) is 5.21 Å². The quantitative estimate of drug-likeness (QED) is 0.454. The number of alkyl halides is 6. The normalized spacial score (nSPS) is 34.9. The van der Waals surface area contributed by atoms with E-state index in [1.807, 2.05) is 0 Å². The SMILES string of the molecule is [O-][NH+]1NC(C(F)(F)F)CC1C(F)(F)F. The van der Waals surface area contributed by atoms with Crippen LogP contribution >= 0.6 is 0 Å². The highest BCUT2D eigenvalue weighted by molar-refractivity contribution is 4.83. The average molecular weight is 224 g/mol. The zero-order valence-corrected chi connectivity index (χ0v) is 6.54. The lowest BCUT2D eigenvalue weighted by atomic mass is 10.1. The van der Waals surface area contributed by atoms with Gasteiger partial charge in [0, 0.05) is 6.42 Å². The number of rotatable bonds is 0. The van der Waals surface area contributed by atoms with Crippen molar-refractivity contribution in [2.45, 2.75) is 30.9 Å². The fourth-order valence-electron chi connectivity index (χ4n) is 1.17. The molecule has 3 atom stereocenters. The molecule has 0 amide bonds. The molecule has 2 N–H and O–H groups in total. The van der Waals surface area contributed by atoms with Gasteiger partial charge in [-0.25, -0.2) is 0 Å². The number of quaternary nitrogens is 1. The highest BCUT2D eigenvalue weighted by Crippen LogP contribution is 2.29. The largest absolute Gasteiger partial charge is 0.613 e. The second-order valence-electron chi connectivity index (χ2n) is 2.93. The van der Waals surface area contributed by atoms with Crippen LogP contribution in [0.5, 0.6) is 0 Å². The van der Waals surface area contributed by atoms with E-state index >= 15 is 0 Å². The maximum atomic E-state index is 11.9. The van der Waals surface area contributed by atoms with E-state index in [2.05, 4.69) is 0 Å². The summed E-state index contributed by atoms with van der Waals surface area (Å²) >= 11 is 0. The predicted octanol–water partition coefficient (Wildman–Crippen LogP) is 0.139. The summed E-state index contributed by atoms with van der Waals surface area (Å²) in [5.41, 5.74) is 1.27. The van der Waals surface area contributed by atoms with Gasteiger partial charge in [0.15, 0.2) is 6.04 Å². The summed E-state index contributed by atoms with van der Waals surface area (Å²) in [6.45, 7) is 0. The van der Waals surface area contributed by atoms with Gasteiger partial charge in [-0.1, -0.05) is 0 Å². The molecule has 0 aromatic heterocycles. The average Bonchev–Trinajstić information content (AvgIpc) is 2.27. The van der Waals surface area contributed by atoms with Crippen LogP contribution in [0.2, 0.25) is 0 Å². The van der Waals surface area contributed by atoms with Gasteiger partial charge in [-0.15, -0.1) is 0 Å². The number of hydrogen-bond acceptors (Lipinski definition) is 2. The molecule has 3 nitrogen and oxygen atoms in total. The van der Waals surface area contributed by atoms with Crippen molar-refractivity contribution < 1.29 is 31.5 Å². The van der Waals surface area contributed by atoms with Gasteiger partial charge in [-0.3, -0.25) is 5.17 Å². The fourth-order valence-corrected chi connectivity index (χ4v) is 1.17. The smallest absolute Gasteiger partial charge is 0.443 e. The highest BCUT2D eigenvalue weighted by Gasteiger charge is 2.57. The van der Waals surface area contributed by atoms with Gasteiger partial charge < -0.3 is 5.21 Å². The van der Waals surface area contributed by atoms with Gasteiger partial charge in [0.05, 0.1) is 0 Å². The molecule has 0 bridgehead atoms. The molecule has 0 saturated carbocycles. The van der Waals surface area contributed by atoms with Gasteiger partial charge in [0.25, 0.3) is 0 Å². The van der Waals surface area contributed by atoms with E-state index in [-0.39, 0.29) is 0 Å². The molecule has 1 saturated heterocycles. The van der Waals surface area contributed by atoms with E-state index in [1.165, 1.54) is 5.43 Å². The van der Waals surface area contributed by atoms with E-state index in [0.29, 0.717) is 0 Å². The van der Waals surface area contributed by atoms with Gasteiger partial charge >= 0.3 is 12.4 Å². The third kappa shape index (κ3) is 2.28. The molecule has 1 heterocycles. The monoisotopic (exact) mass is 224 g/mol. The minimum Gasteiger partial charge on any atom is -0.613 e. The molecular formula is C5H6F6N2O. The molecule has 1 aliphatic rings. The maximum Gasteiger partial charge on any atom is 0.443 e.